The quantitative estimate of drug-likeness (QED) is 0.807. The number of Topliss-reactive ketones (excluding diaryl/α,β-unsaturated/α-hetero) is 1. The zero-order chi connectivity index (χ0) is 10.5. The lowest BCUT2D eigenvalue weighted by atomic mass is 9.97. The number of pyridine rings is 1. The van der Waals surface area contributed by atoms with Crippen LogP contribution in [0.15, 0.2) is 24.5 Å². The Morgan fingerprint density at radius 1 is 1.53 bits per heavy atom. The van der Waals surface area contributed by atoms with Gasteiger partial charge in [0.25, 0.3) is 0 Å². The molecule has 80 valence electrons. The van der Waals surface area contributed by atoms with Crippen LogP contribution in [0, 0.1) is 0 Å². The van der Waals surface area contributed by atoms with Gasteiger partial charge in [0.05, 0.1) is 6.04 Å². The van der Waals surface area contributed by atoms with Crippen LogP contribution in [0.5, 0.6) is 0 Å². The number of rotatable bonds is 3. The molecule has 1 atom stereocenters. The minimum Gasteiger partial charge on any atom is -0.307 e. The third-order valence-corrected chi connectivity index (χ3v) is 2.80. The third-order valence-electron chi connectivity index (χ3n) is 2.80. The van der Waals surface area contributed by atoms with Crippen molar-refractivity contribution in [2.24, 2.45) is 0 Å². The van der Waals surface area contributed by atoms with Gasteiger partial charge in [-0.2, -0.15) is 0 Å². The summed E-state index contributed by atoms with van der Waals surface area (Å²) in [6, 6.07) is 3.89. The normalized spacial score (nSPS) is 21.2. The molecule has 1 saturated heterocycles. The minimum absolute atomic E-state index is 0.0685. The van der Waals surface area contributed by atoms with E-state index in [0.717, 1.165) is 24.9 Å². The van der Waals surface area contributed by atoms with E-state index in [1.807, 2.05) is 12.1 Å². The average molecular weight is 204 g/mol. The van der Waals surface area contributed by atoms with Crippen LogP contribution in [0.4, 0.5) is 0 Å². The van der Waals surface area contributed by atoms with Crippen LogP contribution in [0.1, 0.15) is 24.8 Å². The molecule has 3 nitrogen and oxygen atoms in total. The summed E-state index contributed by atoms with van der Waals surface area (Å²) in [5.74, 6) is 0.294. The Hall–Kier alpha value is -1.22. The predicted octanol–water partition coefficient (Wildman–Crippen LogP) is 1.34. The lowest BCUT2D eigenvalue weighted by Crippen LogP contribution is -2.41. The second-order valence-electron chi connectivity index (χ2n) is 4.01. The van der Waals surface area contributed by atoms with Gasteiger partial charge in [0, 0.05) is 18.8 Å². The topological polar surface area (TPSA) is 42.0 Å². The van der Waals surface area contributed by atoms with E-state index in [1.165, 1.54) is 6.42 Å². The molecule has 0 aliphatic carbocycles. The standard InChI is InChI=1S/C12H16N2O/c15-12(11-5-1-2-7-14-11)8-10-4-3-6-13-9-10/h3-4,6,9,11,14H,1-2,5,7-8H2. The van der Waals surface area contributed by atoms with Gasteiger partial charge < -0.3 is 5.32 Å². The van der Waals surface area contributed by atoms with Crippen LogP contribution < -0.4 is 5.32 Å². The molecule has 0 bridgehead atoms. The molecular formula is C12H16N2O. The lowest BCUT2D eigenvalue weighted by Gasteiger charge is -2.22. The molecule has 1 fully saturated rings. The molecule has 2 rings (SSSR count). The molecule has 0 spiro atoms. The largest absolute Gasteiger partial charge is 0.307 e. The average Bonchev–Trinajstić information content (AvgIpc) is 2.31. The molecule has 0 saturated carbocycles. The Morgan fingerprint density at radius 2 is 2.47 bits per heavy atom. The molecular weight excluding hydrogens is 188 g/mol. The summed E-state index contributed by atoms with van der Waals surface area (Å²) in [5, 5.41) is 3.27. The van der Waals surface area contributed by atoms with E-state index in [0.29, 0.717) is 12.2 Å². The highest BCUT2D eigenvalue weighted by Gasteiger charge is 2.20. The van der Waals surface area contributed by atoms with E-state index in [9.17, 15) is 4.79 Å². The number of carbonyl (C=O) groups excluding carboxylic acids is 1. The van der Waals surface area contributed by atoms with E-state index >= 15 is 0 Å². The molecule has 1 aliphatic rings. The van der Waals surface area contributed by atoms with Gasteiger partial charge in [0.2, 0.25) is 0 Å². The van der Waals surface area contributed by atoms with Gasteiger partial charge in [0.1, 0.15) is 0 Å². The number of hydrogen-bond donors (Lipinski definition) is 1. The van der Waals surface area contributed by atoms with Crippen molar-refractivity contribution in [1.82, 2.24) is 10.3 Å². The highest BCUT2D eigenvalue weighted by molar-refractivity contribution is 5.86. The Labute approximate surface area is 89.9 Å². The Morgan fingerprint density at radius 3 is 3.13 bits per heavy atom. The lowest BCUT2D eigenvalue weighted by molar-refractivity contribution is -0.120. The SMILES string of the molecule is O=C(Cc1cccnc1)C1CCCCN1. The fraction of sp³-hybridized carbons (Fsp3) is 0.500. The summed E-state index contributed by atoms with van der Waals surface area (Å²) in [5.41, 5.74) is 1.01. The summed E-state index contributed by atoms with van der Waals surface area (Å²) in [4.78, 5) is 15.9. The summed E-state index contributed by atoms with van der Waals surface area (Å²) < 4.78 is 0. The summed E-state index contributed by atoms with van der Waals surface area (Å²) >= 11 is 0. The highest BCUT2D eigenvalue weighted by Crippen LogP contribution is 2.10. The molecule has 3 heteroatoms. The van der Waals surface area contributed by atoms with Crippen LogP contribution in [0.2, 0.25) is 0 Å². The smallest absolute Gasteiger partial charge is 0.154 e. The van der Waals surface area contributed by atoms with E-state index in [1.54, 1.807) is 12.4 Å². The fourth-order valence-corrected chi connectivity index (χ4v) is 1.95. The monoisotopic (exact) mass is 204 g/mol. The molecule has 0 radical (unpaired) electrons. The van der Waals surface area contributed by atoms with E-state index in [-0.39, 0.29) is 6.04 Å². The number of carbonyl (C=O) groups is 1. The Balaban J connectivity index is 1.91. The third kappa shape index (κ3) is 2.86. The number of ketones is 1. The van der Waals surface area contributed by atoms with Gasteiger partial charge in [-0.1, -0.05) is 12.5 Å². The molecule has 1 aromatic heterocycles. The number of piperidine rings is 1. The first-order valence-electron chi connectivity index (χ1n) is 5.51. The van der Waals surface area contributed by atoms with Crippen molar-refractivity contribution >= 4 is 5.78 Å². The van der Waals surface area contributed by atoms with Crippen molar-refractivity contribution < 1.29 is 4.79 Å². The van der Waals surface area contributed by atoms with Gasteiger partial charge in [-0.3, -0.25) is 9.78 Å². The number of hydrogen-bond acceptors (Lipinski definition) is 3. The van der Waals surface area contributed by atoms with Crippen molar-refractivity contribution in [2.45, 2.75) is 31.7 Å². The van der Waals surface area contributed by atoms with Gasteiger partial charge in [-0.25, -0.2) is 0 Å². The van der Waals surface area contributed by atoms with Crippen LogP contribution in [-0.4, -0.2) is 23.4 Å². The molecule has 1 aromatic rings. The van der Waals surface area contributed by atoms with Crippen molar-refractivity contribution in [3.8, 4) is 0 Å². The number of nitrogens with zero attached hydrogens (tertiary/aromatic N) is 1. The summed E-state index contributed by atoms with van der Waals surface area (Å²) in [6.45, 7) is 0.976. The first-order chi connectivity index (χ1) is 7.36. The van der Waals surface area contributed by atoms with Crippen LogP contribution in [-0.2, 0) is 11.2 Å². The van der Waals surface area contributed by atoms with Crippen LogP contribution in [0.25, 0.3) is 0 Å². The second kappa shape index (κ2) is 5.03. The minimum atomic E-state index is 0.0685. The van der Waals surface area contributed by atoms with Crippen molar-refractivity contribution in [3.63, 3.8) is 0 Å². The molecule has 15 heavy (non-hydrogen) atoms. The van der Waals surface area contributed by atoms with E-state index < -0.39 is 0 Å². The van der Waals surface area contributed by atoms with Crippen molar-refractivity contribution in [3.05, 3.63) is 30.1 Å². The van der Waals surface area contributed by atoms with Crippen LogP contribution in [0.3, 0.4) is 0 Å². The maximum atomic E-state index is 11.9. The molecule has 2 heterocycles. The second-order valence-corrected chi connectivity index (χ2v) is 4.01. The molecule has 1 unspecified atom stereocenters. The molecule has 1 aliphatic heterocycles. The maximum absolute atomic E-state index is 11.9. The zero-order valence-corrected chi connectivity index (χ0v) is 8.78. The van der Waals surface area contributed by atoms with Gasteiger partial charge in [-0.15, -0.1) is 0 Å². The Kier molecular flexibility index (Phi) is 3.45. The number of aromatic nitrogens is 1. The molecule has 0 aromatic carbocycles. The van der Waals surface area contributed by atoms with Gasteiger partial charge in [-0.05, 0) is 31.0 Å². The zero-order valence-electron chi connectivity index (χ0n) is 8.78. The summed E-state index contributed by atoms with van der Waals surface area (Å²) in [6.07, 6.45) is 7.34. The first-order valence-corrected chi connectivity index (χ1v) is 5.51. The first kappa shape index (κ1) is 10.3. The summed E-state index contributed by atoms with van der Waals surface area (Å²) in [7, 11) is 0. The maximum Gasteiger partial charge on any atom is 0.154 e. The predicted molar refractivity (Wildman–Crippen MR) is 58.6 cm³/mol. The molecule has 0 amide bonds. The fourth-order valence-electron chi connectivity index (χ4n) is 1.95. The Bertz CT molecular complexity index is 318. The van der Waals surface area contributed by atoms with E-state index in [2.05, 4.69) is 10.3 Å². The van der Waals surface area contributed by atoms with E-state index in [4.69, 9.17) is 0 Å². The van der Waals surface area contributed by atoms with Crippen LogP contribution >= 0.6 is 0 Å². The number of nitrogens with one attached hydrogen (secondary N) is 1. The van der Waals surface area contributed by atoms with Crippen molar-refractivity contribution in [2.75, 3.05) is 6.54 Å². The highest BCUT2D eigenvalue weighted by atomic mass is 16.1. The molecule has 1 N–H and O–H groups in total. The van der Waals surface area contributed by atoms with Crippen molar-refractivity contribution in [1.29, 1.82) is 0 Å². The van der Waals surface area contributed by atoms with Gasteiger partial charge in [0.15, 0.2) is 5.78 Å². The van der Waals surface area contributed by atoms with Gasteiger partial charge >= 0.3 is 0 Å².